The van der Waals surface area contributed by atoms with Crippen LogP contribution in [0.4, 0.5) is 0 Å². The zero-order valence-corrected chi connectivity index (χ0v) is 14.9. The number of piperidine rings is 1. The van der Waals surface area contributed by atoms with Crippen LogP contribution in [0.1, 0.15) is 42.1 Å². The van der Waals surface area contributed by atoms with Crippen LogP contribution in [0, 0.1) is 6.92 Å². The highest BCUT2D eigenvalue weighted by Crippen LogP contribution is 2.23. The summed E-state index contributed by atoms with van der Waals surface area (Å²) in [7, 11) is 0. The molecular formula is C17H24ClN5O. The number of likely N-dealkylation sites (tertiary alicyclic amines) is 1. The van der Waals surface area contributed by atoms with E-state index in [0.29, 0.717) is 0 Å². The van der Waals surface area contributed by atoms with E-state index in [9.17, 15) is 4.79 Å². The van der Waals surface area contributed by atoms with Crippen molar-refractivity contribution in [2.75, 3.05) is 6.54 Å². The number of carbonyl (C=O) groups is 1. The SMILES string of the molecule is Cc1cc(-n2cncn2)ccc1C(=O)N1CCCCC1C(C)N.Cl. The molecule has 1 aromatic carbocycles. The van der Waals surface area contributed by atoms with Gasteiger partial charge in [-0.25, -0.2) is 9.67 Å². The molecule has 2 heterocycles. The second kappa shape index (κ2) is 7.77. The Morgan fingerprint density at radius 2 is 2.17 bits per heavy atom. The molecule has 0 radical (unpaired) electrons. The van der Waals surface area contributed by atoms with E-state index in [1.807, 2.05) is 36.9 Å². The summed E-state index contributed by atoms with van der Waals surface area (Å²) >= 11 is 0. The molecule has 7 heteroatoms. The molecule has 0 saturated carbocycles. The summed E-state index contributed by atoms with van der Waals surface area (Å²) in [6.07, 6.45) is 6.31. The Hall–Kier alpha value is -1.92. The molecule has 0 bridgehead atoms. The number of nitrogens with zero attached hydrogens (tertiary/aromatic N) is 4. The standard InChI is InChI=1S/C17H23N5O.ClH/c1-12-9-14(22-11-19-10-20-22)6-7-15(12)17(23)21-8-4-3-5-16(21)13(2)18;/h6-7,9-11,13,16H,3-5,8,18H2,1-2H3;1H. The van der Waals surface area contributed by atoms with Crippen molar-refractivity contribution in [2.45, 2.75) is 45.2 Å². The van der Waals surface area contributed by atoms with E-state index in [1.165, 1.54) is 6.33 Å². The van der Waals surface area contributed by atoms with Crippen LogP contribution in [0.5, 0.6) is 0 Å². The first-order chi connectivity index (χ1) is 11.1. The Balaban J connectivity index is 0.00000208. The molecule has 3 rings (SSSR count). The van der Waals surface area contributed by atoms with Crippen molar-refractivity contribution >= 4 is 18.3 Å². The monoisotopic (exact) mass is 349 g/mol. The van der Waals surface area contributed by atoms with Crippen LogP contribution in [-0.2, 0) is 0 Å². The number of amides is 1. The number of benzene rings is 1. The topological polar surface area (TPSA) is 77.0 Å². The minimum absolute atomic E-state index is 0. The van der Waals surface area contributed by atoms with E-state index >= 15 is 0 Å². The van der Waals surface area contributed by atoms with Crippen LogP contribution in [0.2, 0.25) is 0 Å². The van der Waals surface area contributed by atoms with Crippen LogP contribution in [0.3, 0.4) is 0 Å². The molecule has 130 valence electrons. The Kier molecular flexibility index (Phi) is 5.96. The molecule has 2 aromatic rings. The normalized spacial score (nSPS) is 18.8. The number of carbonyl (C=O) groups excluding carboxylic acids is 1. The van der Waals surface area contributed by atoms with Crippen molar-refractivity contribution in [3.8, 4) is 5.69 Å². The molecule has 1 amide bonds. The summed E-state index contributed by atoms with van der Waals surface area (Å²) < 4.78 is 1.69. The van der Waals surface area contributed by atoms with Gasteiger partial charge in [-0.3, -0.25) is 4.79 Å². The summed E-state index contributed by atoms with van der Waals surface area (Å²) in [5, 5.41) is 4.12. The Morgan fingerprint density at radius 3 is 2.79 bits per heavy atom. The molecule has 0 spiro atoms. The molecule has 0 aliphatic carbocycles. The van der Waals surface area contributed by atoms with Gasteiger partial charge in [0.05, 0.1) is 5.69 Å². The maximum absolute atomic E-state index is 13.0. The molecule has 2 unspecified atom stereocenters. The average molecular weight is 350 g/mol. The minimum Gasteiger partial charge on any atom is -0.334 e. The van der Waals surface area contributed by atoms with E-state index in [2.05, 4.69) is 10.1 Å². The first kappa shape index (κ1) is 18.4. The molecule has 2 atom stereocenters. The summed E-state index contributed by atoms with van der Waals surface area (Å²) in [4.78, 5) is 18.9. The van der Waals surface area contributed by atoms with Crippen LogP contribution >= 0.6 is 12.4 Å². The molecule has 6 nitrogen and oxygen atoms in total. The summed E-state index contributed by atoms with van der Waals surface area (Å²) in [6, 6.07) is 5.87. The third kappa shape index (κ3) is 3.60. The third-order valence-corrected chi connectivity index (χ3v) is 4.54. The number of aryl methyl sites for hydroxylation is 1. The van der Waals surface area contributed by atoms with E-state index in [1.54, 1.807) is 11.0 Å². The lowest BCUT2D eigenvalue weighted by molar-refractivity contribution is 0.0583. The van der Waals surface area contributed by atoms with Gasteiger partial charge in [-0.1, -0.05) is 0 Å². The smallest absolute Gasteiger partial charge is 0.254 e. The lowest BCUT2D eigenvalue weighted by Gasteiger charge is -2.38. The van der Waals surface area contributed by atoms with Crippen LogP contribution in [-0.4, -0.2) is 44.2 Å². The van der Waals surface area contributed by atoms with Gasteiger partial charge >= 0.3 is 0 Å². The predicted octanol–water partition coefficient (Wildman–Crippen LogP) is 2.34. The average Bonchev–Trinajstić information content (AvgIpc) is 3.08. The van der Waals surface area contributed by atoms with E-state index in [0.717, 1.165) is 42.6 Å². The zero-order valence-electron chi connectivity index (χ0n) is 14.1. The van der Waals surface area contributed by atoms with Gasteiger partial charge in [0.25, 0.3) is 5.91 Å². The Labute approximate surface area is 148 Å². The zero-order chi connectivity index (χ0) is 16.4. The van der Waals surface area contributed by atoms with Gasteiger partial charge in [0.15, 0.2) is 0 Å². The lowest BCUT2D eigenvalue weighted by atomic mass is 9.95. The first-order valence-electron chi connectivity index (χ1n) is 8.10. The summed E-state index contributed by atoms with van der Waals surface area (Å²) in [5.74, 6) is 0.0784. The maximum Gasteiger partial charge on any atom is 0.254 e. The fourth-order valence-electron chi connectivity index (χ4n) is 3.28. The fraction of sp³-hybridized carbons (Fsp3) is 0.471. The molecule has 1 aromatic heterocycles. The number of hydrogen-bond acceptors (Lipinski definition) is 4. The van der Waals surface area contributed by atoms with Crippen LogP contribution < -0.4 is 5.73 Å². The van der Waals surface area contributed by atoms with Gasteiger partial charge < -0.3 is 10.6 Å². The van der Waals surface area contributed by atoms with E-state index < -0.39 is 0 Å². The second-order valence-corrected chi connectivity index (χ2v) is 6.26. The molecule has 24 heavy (non-hydrogen) atoms. The van der Waals surface area contributed by atoms with Gasteiger partial charge in [0.1, 0.15) is 12.7 Å². The highest BCUT2D eigenvalue weighted by molar-refractivity contribution is 5.96. The van der Waals surface area contributed by atoms with Crippen LogP contribution in [0.25, 0.3) is 5.69 Å². The van der Waals surface area contributed by atoms with Gasteiger partial charge in [0, 0.05) is 24.2 Å². The number of nitrogens with two attached hydrogens (primary N) is 1. The van der Waals surface area contributed by atoms with Crippen molar-refractivity contribution in [2.24, 2.45) is 5.73 Å². The predicted molar refractivity (Wildman–Crippen MR) is 95.7 cm³/mol. The number of halogens is 1. The van der Waals surface area contributed by atoms with Crippen molar-refractivity contribution in [1.82, 2.24) is 19.7 Å². The minimum atomic E-state index is -0.00558. The first-order valence-corrected chi connectivity index (χ1v) is 8.10. The van der Waals surface area contributed by atoms with Crippen molar-refractivity contribution in [3.63, 3.8) is 0 Å². The highest BCUT2D eigenvalue weighted by atomic mass is 35.5. The van der Waals surface area contributed by atoms with Crippen molar-refractivity contribution in [1.29, 1.82) is 0 Å². The number of rotatable bonds is 3. The van der Waals surface area contributed by atoms with E-state index in [4.69, 9.17) is 5.73 Å². The molecule has 2 N–H and O–H groups in total. The summed E-state index contributed by atoms with van der Waals surface area (Å²) in [5.41, 5.74) is 8.67. The molecule has 1 fully saturated rings. The molecule has 1 aliphatic heterocycles. The van der Waals surface area contributed by atoms with E-state index in [-0.39, 0.29) is 30.4 Å². The molecule has 1 aliphatic rings. The molecule has 1 saturated heterocycles. The Bertz CT molecular complexity index is 686. The number of hydrogen-bond donors (Lipinski definition) is 1. The van der Waals surface area contributed by atoms with Gasteiger partial charge in [-0.05, 0) is 56.9 Å². The number of aromatic nitrogens is 3. The maximum atomic E-state index is 13.0. The quantitative estimate of drug-likeness (QED) is 0.922. The summed E-state index contributed by atoms with van der Waals surface area (Å²) in [6.45, 7) is 4.73. The second-order valence-electron chi connectivity index (χ2n) is 6.26. The fourth-order valence-corrected chi connectivity index (χ4v) is 3.28. The Morgan fingerprint density at radius 1 is 1.38 bits per heavy atom. The highest BCUT2D eigenvalue weighted by Gasteiger charge is 2.30. The van der Waals surface area contributed by atoms with Crippen molar-refractivity contribution in [3.05, 3.63) is 42.0 Å². The third-order valence-electron chi connectivity index (χ3n) is 4.54. The van der Waals surface area contributed by atoms with Gasteiger partial charge in [-0.2, -0.15) is 5.10 Å². The lowest BCUT2D eigenvalue weighted by Crippen LogP contribution is -2.51. The molecular weight excluding hydrogens is 326 g/mol. The van der Waals surface area contributed by atoms with Gasteiger partial charge in [-0.15, -0.1) is 12.4 Å². The van der Waals surface area contributed by atoms with Crippen LogP contribution in [0.15, 0.2) is 30.9 Å². The largest absolute Gasteiger partial charge is 0.334 e. The van der Waals surface area contributed by atoms with Crippen molar-refractivity contribution < 1.29 is 4.79 Å². The van der Waals surface area contributed by atoms with Gasteiger partial charge in [0.2, 0.25) is 0 Å².